The van der Waals surface area contributed by atoms with Crippen LogP contribution in [0.5, 0.6) is 0 Å². The minimum atomic E-state index is -3.22. The average Bonchev–Trinajstić information content (AvgIpc) is 3.78. The fraction of sp³-hybridized carbons (Fsp3) is 0.800. The summed E-state index contributed by atoms with van der Waals surface area (Å²) in [6, 6.07) is -3.14. The van der Waals surface area contributed by atoms with Crippen molar-refractivity contribution in [2.75, 3.05) is 39.5 Å². The number of hydrogen-bond acceptors (Lipinski definition) is 12. The summed E-state index contributed by atoms with van der Waals surface area (Å²) in [4.78, 5) is 81.8. The van der Waals surface area contributed by atoms with E-state index in [0.29, 0.717) is 19.3 Å². The van der Waals surface area contributed by atoms with E-state index in [4.69, 9.17) is 28.2 Å². The van der Waals surface area contributed by atoms with E-state index in [0.717, 1.165) is 0 Å². The van der Waals surface area contributed by atoms with Gasteiger partial charge in [-0.1, -0.05) is 41.5 Å². The van der Waals surface area contributed by atoms with E-state index >= 15 is 0 Å². The quantitative estimate of drug-likeness (QED) is 0.202. The number of amides is 3. The molecular weight excluding hydrogens is 628 g/mol. The Bertz CT molecular complexity index is 977. The van der Waals surface area contributed by atoms with Gasteiger partial charge in [0.2, 0.25) is 0 Å². The average molecular weight is 678 g/mol. The van der Waals surface area contributed by atoms with Crippen LogP contribution in [-0.2, 0) is 42.6 Å². The van der Waals surface area contributed by atoms with Gasteiger partial charge >= 0.3 is 55.2 Å². The Hall–Kier alpha value is -2.72. The van der Waals surface area contributed by atoms with Crippen molar-refractivity contribution < 1.29 is 86.5 Å². The van der Waals surface area contributed by atoms with Gasteiger partial charge in [-0.3, -0.25) is 29.1 Å². The van der Waals surface area contributed by atoms with Gasteiger partial charge in [0.15, 0.2) is 0 Å². The summed E-state index contributed by atoms with van der Waals surface area (Å²) in [5, 5.41) is 0. The predicted octanol–water partition coefficient (Wildman–Crippen LogP) is 0.108. The first-order valence-corrected chi connectivity index (χ1v) is 16.4. The molecule has 0 aromatic carbocycles. The molecule has 0 aliphatic carbocycles. The molecule has 3 atom stereocenters. The van der Waals surface area contributed by atoms with E-state index in [-0.39, 0.29) is 106 Å². The first kappa shape index (κ1) is 40.5. The van der Waals surface area contributed by atoms with Gasteiger partial charge < -0.3 is 28.2 Å². The monoisotopic (exact) mass is 677 g/mol. The van der Waals surface area contributed by atoms with Gasteiger partial charge in [0.05, 0.1) is 19.8 Å². The molecule has 3 fully saturated rings. The smallest absolute Gasteiger partial charge is 0.624 e. The van der Waals surface area contributed by atoms with E-state index in [2.05, 4.69) is 0 Å². The van der Waals surface area contributed by atoms with E-state index in [9.17, 15) is 28.8 Å². The molecule has 0 aromatic heterocycles. The molecule has 0 aromatic rings. The molecule has 0 spiro atoms. The Morgan fingerprint density at radius 1 is 0.532 bits per heavy atom. The minimum Gasteiger partial charge on any atom is -0.624 e. The van der Waals surface area contributed by atoms with Crippen molar-refractivity contribution in [3.05, 3.63) is 0 Å². The summed E-state index contributed by atoms with van der Waals surface area (Å²) in [7, 11) is -3.22. The number of likely N-dealkylation sites (tertiary alicyclic amines) is 3. The van der Waals surface area contributed by atoms with Crippen molar-refractivity contribution in [2.45, 2.75) is 98.2 Å². The fourth-order valence-corrected chi connectivity index (χ4v) is 5.38. The summed E-state index contributed by atoms with van der Waals surface area (Å²) in [6.07, 6.45) is 0.244. The summed E-state index contributed by atoms with van der Waals surface area (Å²) < 4.78 is 32.3. The van der Waals surface area contributed by atoms with E-state index in [1.165, 1.54) is 14.7 Å². The second-order valence-electron chi connectivity index (χ2n) is 13.2. The van der Waals surface area contributed by atoms with Crippen LogP contribution in [0.1, 0.15) is 80.1 Å². The third kappa shape index (κ3) is 12.0. The number of ether oxygens (including phenoxy) is 3. The molecule has 0 saturated carbocycles. The Morgan fingerprint density at radius 3 is 1.02 bits per heavy atom. The molecule has 3 heterocycles. The number of nitrogens with zero attached hydrogens (tertiary/aromatic N) is 3. The Kier molecular flexibility index (Phi) is 16.6. The standard InChI is InChI=1S/C30H49BN3O12.Na/c1-19(2)16-41-28(38)32-13-7-10-22(32)25(35)44-31(45-26(36)23-11-8-14-33(23)29(39)42-17-20(3)4)46-27(37)24-12-9-15-34(24)30(40)43-18-21(5)6;/h19-24,31H,7-18H2,1-6H3;/q-1;+1/t22-,23-,24-;/m0./s1. The van der Waals surface area contributed by atoms with Crippen LogP contribution in [0.25, 0.3) is 0 Å². The van der Waals surface area contributed by atoms with Crippen LogP contribution in [0.15, 0.2) is 0 Å². The van der Waals surface area contributed by atoms with Crippen molar-refractivity contribution in [3.8, 4) is 0 Å². The molecule has 15 nitrogen and oxygen atoms in total. The third-order valence-corrected chi connectivity index (χ3v) is 7.68. The largest absolute Gasteiger partial charge is 1.00 e. The van der Waals surface area contributed by atoms with Crippen LogP contribution in [-0.4, -0.2) is 116 Å². The Labute approximate surface area is 299 Å². The van der Waals surface area contributed by atoms with E-state index in [1.807, 2.05) is 41.5 Å². The zero-order valence-corrected chi connectivity index (χ0v) is 30.9. The van der Waals surface area contributed by atoms with Crippen LogP contribution in [0, 0.1) is 17.8 Å². The van der Waals surface area contributed by atoms with Crippen LogP contribution >= 0.6 is 0 Å². The zero-order valence-electron chi connectivity index (χ0n) is 28.9. The molecule has 3 amide bonds. The summed E-state index contributed by atoms with van der Waals surface area (Å²) >= 11 is 0. The molecule has 3 rings (SSSR count). The van der Waals surface area contributed by atoms with Crippen molar-refractivity contribution in [3.63, 3.8) is 0 Å². The molecular formula is C30H49BN3NaO12. The summed E-state index contributed by atoms with van der Waals surface area (Å²) in [5.74, 6) is -2.54. The molecule has 0 bridgehead atoms. The maximum atomic E-state index is 13.4. The van der Waals surface area contributed by atoms with Gasteiger partial charge in [0, 0.05) is 19.6 Å². The maximum Gasteiger partial charge on any atom is 1.00 e. The first-order valence-electron chi connectivity index (χ1n) is 16.4. The molecule has 47 heavy (non-hydrogen) atoms. The fourth-order valence-electron chi connectivity index (χ4n) is 5.38. The van der Waals surface area contributed by atoms with Crippen molar-refractivity contribution in [1.29, 1.82) is 0 Å². The zero-order chi connectivity index (χ0) is 34.0. The van der Waals surface area contributed by atoms with Gasteiger partial charge in [0.1, 0.15) is 18.1 Å². The molecule has 0 unspecified atom stereocenters. The number of carbonyl (C=O) groups is 6. The Morgan fingerprint density at radius 2 is 0.787 bits per heavy atom. The predicted molar refractivity (Wildman–Crippen MR) is 163 cm³/mol. The van der Waals surface area contributed by atoms with Crippen LogP contribution in [0.2, 0.25) is 0 Å². The van der Waals surface area contributed by atoms with Crippen LogP contribution in [0.3, 0.4) is 0 Å². The van der Waals surface area contributed by atoms with Gasteiger partial charge in [-0.25, -0.2) is 14.4 Å². The second-order valence-corrected chi connectivity index (χ2v) is 13.2. The maximum absolute atomic E-state index is 13.4. The Balaban J connectivity index is 0.00000768. The molecule has 0 N–H and O–H groups in total. The van der Waals surface area contributed by atoms with Crippen molar-refractivity contribution in [1.82, 2.24) is 14.7 Å². The second kappa shape index (κ2) is 19.3. The number of rotatable bonds is 12. The van der Waals surface area contributed by atoms with Crippen molar-refractivity contribution in [2.24, 2.45) is 17.8 Å². The summed E-state index contributed by atoms with van der Waals surface area (Å²) in [6.45, 7) is 12.5. The van der Waals surface area contributed by atoms with Gasteiger partial charge in [-0.2, -0.15) is 0 Å². The van der Waals surface area contributed by atoms with Gasteiger partial charge in [-0.15, -0.1) is 0 Å². The molecule has 0 radical (unpaired) electrons. The SMILES string of the molecule is CC(C)COC(=O)N1CCC[C@H]1C(=O)O[BH-](OC(=O)[C@@H]1CCCN1C(=O)OCC(C)C)OC(=O)[C@@H]1CCCN1C(=O)OCC(C)C.[Na+]. The molecule has 17 heteroatoms. The van der Waals surface area contributed by atoms with Crippen LogP contribution in [0.4, 0.5) is 14.4 Å². The topological polar surface area (TPSA) is 168 Å². The third-order valence-electron chi connectivity index (χ3n) is 7.68. The van der Waals surface area contributed by atoms with Crippen LogP contribution < -0.4 is 29.6 Å². The first-order chi connectivity index (χ1) is 21.8. The normalized spacial score (nSPS) is 20.8. The number of carbonyl (C=O) groups excluding carboxylic acids is 6. The van der Waals surface area contributed by atoms with Crippen molar-refractivity contribution >= 4 is 43.5 Å². The van der Waals surface area contributed by atoms with E-state index < -0.39 is 61.6 Å². The molecule has 3 aliphatic heterocycles. The minimum absolute atomic E-state index is 0. The molecule has 3 aliphatic rings. The van der Waals surface area contributed by atoms with Gasteiger partial charge in [0.25, 0.3) is 17.9 Å². The van der Waals surface area contributed by atoms with E-state index in [1.54, 1.807) is 0 Å². The number of hydrogen-bond donors (Lipinski definition) is 0. The van der Waals surface area contributed by atoms with Gasteiger partial charge in [-0.05, 0) is 56.3 Å². The summed E-state index contributed by atoms with van der Waals surface area (Å²) in [5.41, 5.74) is 0. The molecule has 260 valence electrons. The molecule has 3 saturated heterocycles.